The Morgan fingerprint density at radius 1 is 1.28 bits per heavy atom. The smallest absolute Gasteiger partial charge is 0.257 e. The highest BCUT2D eigenvalue weighted by Crippen LogP contribution is 2.23. The van der Waals surface area contributed by atoms with Crippen molar-refractivity contribution in [1.82, 2.24) is 14.9 Å². The van der Waals surface area contributed by atoms with E-state index in [0.717, 1.165) is 12.2 Å². The molecule has 1 aliphatic rings. The number of benzene rings is 1. The van der Waals surface area contributed by atoms with Crippen molar-refractivity contribution in [2.24, 2.45) is 0 Å². The molecule has 2 heterocycles. The van der Waals surface area contributed by atoms with E-state index < -0.39 is 0 Å². The second-order valence-corrected chi connectivity index (χ2v) is 6.09. The summed E-state index contributed by atoms with van der Waals surface area (Å²) < 4.78 is 11.2. The Hall–Kier alpha value is -2.83. The monoisotopic (exact) mass is 342 g/mol. The molecule has 0 spiro atoms. The van der Waals surface area contributed by atoms with Crippen LogP contribution in [0.5, 0.6) is 11.6 Å². The third-order valence-electron chi connectivity index (χ3n) is 4.11. The standard InChI is InChI=1S/C18H22N4O3/c1-21(2)16-10-19-11-17(20-16)25-13-8-9-22(12-13)18(23)14-6-4-5-7-15(14)24-3/h4-7,10-11,13H,8-9,12H2,1-3H3. The van der Waals surface area contributed by atoms with Crippen LogP contribution in [0.25, 0.3) is 0 Å². The summed E-state index contributed by atoms with van der Waals surface area (Å²) in [5.74, 6) is 1.75. The molecule has 1 aliphatic heterocycles. The minimum Gasteiger partial charge on any atom is -0.496 e. The molecule has 132 valence electrons. The van der Waals surface area contributed by atoms with Gasteiger partial charge in [0.15, 0.2) is 5.82 Å². The molecule has 0 saturated carbocycles. The van der Waals surface area contributed by atoms with Crippen molar-refractivity contribution < 1.29 is 14.3 Å². The van der Waals surface area contributed by atoms with Gasteiger partial charge in [-0.2, -0.15) is 4.98 Å². The number of carbonyl (C=O) groups is 1. The number of hydrogen-bond acceptors (Lipinski definition) is 6. The first kappa shape index (κ1) is 17.0. The molecular weight excluding hydrogens is 320 g/mol. The molecular formula is C18H22N4O3. The van der Waals surface area contributed by atoms with Gasteiger partial charge in [-0.15, -0.1) is 0 Å². The van der Waals surface area contributed by atoms with E-state index in [4.69, 9.17) is 9.47 Å². The topological polar surface area (TPSA) is 67.8 Å². The molecule has 0 bridgehead atoms. The molecule has 1 saturated heterocycles. The molecule has 1 amide bonds. The molecule has 7 nitrogen and oxygen atoms in total. The van der Waals surface area contributed by atoms with Crippen LogP contribution in [0, 0.1) is 0 Å². The average Bonchev–Trinajstić information content (AvgIpc) is 3.09. The van der Waals surface area contributed by atoms with Gasteiger partial charge in [-0.25, -0.2) is 0 Å². The number of para-hydroxylation sites is 1. The number of aromatic nitrogens is 2. The zero-order valence-corrected chi connectivity index (χ0v) is 14.7. The van der Waals surface area contributed by atoms with Gasteiger partial charge in [0, 0.05) is 27.1 Å². The van der Waals surface area contributed by atoms with Crippen LogP contribution in [0.3, 0.4) is 0 Å². The molecule has 1 unspecified atom stereocenters. The lowest BCUT2D eigenvalue weighted by Gasteiger charge is -2.18. The zero-order valence-electron chi connectivity index (χ0n) is 14.7. The van der Waals surface area contributed by atoms with E-state index in [1.165, 1.54) is 0 Å². The van der Waals surface area contributed by atoms with Gasteiger partial charge in [-0.3, -0.25) is 9.78 Å². The van der Waals surface area contributed by atoms with Crippen molar-refractivity contribution in [3.8, 4) is 11.6 Å². The van der Waals surface area contributed by atoms with Crippen molar-refractivity contribution in [1.29, 1.82) is 0 Å². The Morgan fingerprint density at radius 2 is 2.08 bits per heavy atom. The normalized spacial score (nSPS) is 16.6. The van der Waals surface area contributed by atoms with Gasteiger partial charge >= 0.3 is 0 Å². The number of rotatable bonds is 5. The summed E-state index contributed by atoms with van der Waals surface area (Å²) in [6, 6.07) is 7.26. The van der Waals surface area contributed by atoms with Crippen LogP contribution in [-0.2, 0) is 0 Å². The largest absolute Gasteiger partial charge is 0.496 e. The van der Waals surface area contributed by atoms with Crippen LogP contribution in [0.15, 0.2) is 36.7 Å². The molecule has 1 aromatic heterocycles. The highest BCUT2D eigenvalue weighted by atomic mass is 16.5. The first-order valence-corrected chi connectivity index (χ1v) is 8.17. The fraction of sp³-hybridized carbons (Fsp3) is 0.389. The van der Waals surface area contributed by atoms with Crippen molar-refractivity contribution in [2.75, 3.05) is 39.2 Å². The van der Waals surface area contributed by atoms with Gasteiger partial charge in [-0.1, -0.05) is 12.1 Å². The number of amides is 1. The van der Waals surface area contributed by atoms with Crippen LogP contribution < -0.4 is 14.4 Å². The lowest BCUT2D eigenvalue weighted by molar-refractivity contribution is 0.0767. The van der Waals surface area contributed by atoms with E-state index in [2.05, 4.69) is 9.97 Å². The van der Waals surface area contributed by atoms with Gasteiger partial charge < -0.3 is 19.3 Å². The molecule has 1 atom stereocenters. The molecule has 7 heteroatoms. The minimum absolute atomic E-state index is 0.0447. The van der Waals surface area contributed by atoms with Crippen LogP contribution in [0.4, 0.5) is 5.82 Å². The number of nitrogens with zero attached hydrogens (tertiary/aromatic N) is 4. The summed E-state index contributed by atoms with van der Waals surface area (Å²) in [6.45, 7) is 1.16. The number of likely N-dealkylation sites (tertiary alicyclic amines) is 1. The van der Waals surface area contributed by atoms with E-state index in [0.29, 0.717) is 30.3 Å². The fourth-order valence-electron chi connectivity index (χ4n) is 2.78. The SMILES string of the molecule is COc1ccccc1C(=O)N1CCC(Oc2cncc(N(C)C)n2)C1. The van der Waals surface area contributed by atoms with Crippen LogP contribution in [-0.4, -0.2) is 61.2 Å². The lowest BCUT2D eigenvalue weighted by atomic mass is 10.2. The highest BCUT2D eigenvalue weighted by molar-refractivity contribution is 5.97. The first-order chi connectivity index (χ1) is 12.1. The first-order valence-electron chi connectivity index (χ1n) is 8.17. The average molecular weight is 342 g/mol. The fourth-order valence-corrected chi connectivity index (χ4v) is 2.78. The second kappa shape index (κ2) is 7.38. The number of methoxy groups -OCH3 is 1. The number of ether oxygens (including phenoxy) is 2. The van der Waals surface area contributed by atoms with Gasteiger partial charge in [0.25, 0.3) is 5.91 Å². The Kier molecular flexibility index (Phi) is 5.02. The maximum absolute atomic E-state index is 12.7. The van der Waals surface area contributed by atoms with Crippen LogP contribution in [0.1, 0.15) is 16.8 Å². The van der Waals surface area contributed by atoms with E-state index in [-0.39, 0.29) is 12.0 Å². The predicted octanol–water partition coefficient (Wildman–Crippen LogP) is 1.84. The molecule has 3 rings (SSSR count). The van der Waals surface area contributed by atoms with Crippen molar-refractivity contribution in [3.63, 3.8) is 0 Å². The molecule has 25 heavy (non-hydrogen) atoms. The third kappa shape index (κ3) is 3.81. The van der Waals surface area contributed by atoms with Crippen LogP contribution >= 0.6 is 0 Å². The Labute approximate surface area is 147 Å². The van der Waals surface area contributed by atoms with Gasteiger partial charge in [0.1, 0.15) is 11.9 Å². The molecule has 0 aliphatic carbocycles. The summed E-state index contributed by atoms with van der Waals surface area (Å²) in [7, 11) is 5.37. The van der Waals surface area contributed by atoms with E-state index in [9.17, 15) is 4.79 Å². The second-order valence-electron chi connectivity index (χ2n) is 6.09. The third-order valence-corrected chi connectivity index (χ3v) is 4.11. The maximum atomic E-state index is 12.7. The zero-order chi connectivity index (χ0) is 17.8. The molecule has 0 radical (unpaired) electrons. The van der Waals surface area contributed by atoms with Gasteiger partial charge in [0.2, 0.25) is 5.88 Å². The number of carbonyl (C=O) groups excluding carboxylic acids is 1. The van der Waals surface area contributed by atoms with Gasteiger partial charge in [0.05, 0.1) is 31.6 Å². The molecule has 0 N–H and O–H groups in total. The van der Waals surface area contributed by atoms with E-state index >= 15 is 0 Å². The van der Waals surface area contributed by atoms with Crippen molar-refractivity contribution in [3.05, 3.63) is 42.2 Å². The summed E-state index contributed by atoms with van der Waals surface area (Å²) in [6.07, 6.45) is 3.94. The Morgan fingerprint density at radius 3 is 2.84 bits per heavy atom. The number of hydrogen-bond donors (Lipinski definition) is 0. The highest BCUT2D eigenvalue weighted by Gasteiger charge is 2.29. The summed E-state index contributed by atoms with van der Waals surface area (Å²) in [4.78, 5) is 24.9. The Balaban J connectivity index is 1.65. The molecule has 1 aromatic carbocycles. The summed E-state index contributed by atoms with van der Waals surface area (Å²) >= 11 is 0. The summed E-state index contributed by atoms with van der Waals surface area (Å²) in [5.41, 5.74) is 0.569. The van der Waals surface area contributed by atoms with E-state index in [1.807, 2.05) is 31.1 Å². The lowest BCUT2D eigenvalue weighted by Crippen LogP contribution is -2.31. The molecule has 1 fully saturated rings. The quantitative estimate of drug-likeness (QED) is 0.826. The summed E-state index contributed by atoms with van der Waals surface area (Å²) in [5, 5.41) is 0. The van der Waals surface area contributed by atoms with Crippen molar-refractivity contribution in [2.45, 2.75) is 12.5 Å². The maximum Gasteiger partial charge on any atom is 0.257 e. The predicted molar refractivity (Wildman–Crippen MR) is 94.3 cm³/mol. The van der Waals surface area contributed by atoms with Gasteiger partial charge in [-0.05, 0) is 12.1 Å². The van der Waals surface area contributed by atoms with Crippen molar-refractivity contribution >= 4 is 11.7 Å². The van der Waals surface area contributed by atoms with E-state index in [1.54, 1.807) is 36.5 Å². The van der Waals surface area contributed by atoms with Crippen LogP contribution in [0.2, 0.25) is 0 Å². The number of anilines is 1. The Bertz CT molecular complexity index is 751. The minimum atomic E-state index is -0.0923. The molecule has 2 aromatic rings.